The normalized spacial score (nSPS) is 12.9. The van der Waals surface area contributed by atoms with Gasteiger partial charge >= 0.3 is 0 Å². The van der Waals surface area contributed by atoms with Crippen molar-refractivity contribution in [2.75, 3.05) is 34.5 Å². The van der Waals surface area contributed by atoms with Crippen LogP contribution in [0.5, 0.6) is 0 Å². The summed E-state index contributed by atoms with van der Waals surface area (Å²) in [5.74, 6) is 13.5. The molecule has 0 aromatic heterocycles. The van der Waals surface area contributed by atoms with E-state index in [0.29, 0.717) is 17.9 Å². The van der Waals surface area contributed by atoms with E-state index in [2.05, 4.69) is 5.43 Å². The highest BCUT2D eigenvalue weighted by atomic mass is 32.2. The number of nitrogens with two attached hydrogens (primary N) is 2. The molecule has 2 atom stereocenters. The van der Waals surface area contributed by atoms with Gasteiger partial charge in [0.05, 0.1) is 5.92 Å². The molecule has 0 aromatic carbocycles. The molecule has 0 bridgehead atoms. The molecule has 0 aliphatic heterocycles. The van der Waals surface area contributed by atoms with Gasteiger partial charge in [-0.3, -0.25) is 20.4 Å². The number of thioether (sulfide) groups is 3. The summed E-state index contributed by atoms with van der Waals surface area (Å²) >= 11 is 5.04. The van der Waals surface area contributed by atoms with Crippen molar-refractivity contribution < 1.29 is 19.2 Å². The van der Waals surface area contributed by atoms with Crippen LogP contribution >= 0.6 is 35.3 Å². The molecule has 0 fully saturated rings. The molecule has 0 radical (unpaired) electrons. The van der Waals surface area contributed by atoms with E-state index in [0.717, 1.165) is 35.6 Å². The van der Waals surface area contributed by atoms with E-state index in [1.807, 2.05) is 5.43 Å². The van der Waals surface area contributed by atoms with E-state index in [4.69, 9.17) is 11.7 Å². The monoisotopic (exact) mass is 410 g/mol. The molecule has 0 aliphatic rings. The fourth-order valence-electron chi connectivity index (χ4n) is 1.71. The highest BCUT2D eigenvalue weighted by Crippen LogP contribution is 2.16. The number of hydrazine groups is 2. The first kappa shape index (κ1) is 24.2. The van der Waals surface area contributed by atoms with Crippen LogP contribution in [0.2, 0.25) is 0 Å². The molecule has 0 aliphatic carbocycles. The van der Waals surface area contributed by atoms with Crippen molar-refractivity contribution in [1.29, 1.82) is 0 Å². The Bertz CT molecular complexity index is 416. The predicted octanol–water partition coefficient (Wildman–Crippen LogP) is -0.424. The minimum absolute atomic E-state index is 0.00893. The van der Waals surface area contributed by atoms with Gasteiger partial charge in [-0.1, -0.05) is 0 Å². The summed E-state index contributed by atoms with van der Waals surface area (Å²) in [5, 5.41) is 0. The van der Waals surface area contributed by atoms with Crippen LogP contribution in [0.3, 0.4) is 0 Å². The molecule has 8 nitrogen and oxygen atoms in total. The number of carbonyl (C=O) groups is 4. The molecule has 0 saturated heterocycles. The summed E-state index contributed by atoms with van der Waals surface area (Å²) in [6.45, 7) is 0. The Morgan fingerprint density at radius 3 is 2.04 bits per heavy atom. The van der Waals surface area contributed by atoms with Crippen LogP contribution in [0.1, 0.15) is 12.8 Å². The molecular weight excluding hydrogens is 384 g/mol. The van der Waals surface area contributed by atoms with Gasteiger partial charge in [0.15, 0.2) is 0 Å². The van der Waals surface area contributed by atoms with E-state index in [-0.39, 0.29) is 18.2 Å². The van der Waals surface area contributed by atoms with Crippen molar-refractivity contribution in [2.45, 2.75) is 12.8 Å². The number of amides is 2. The van der Waals surface area contributed by atoms with E-state index < -0.39 is 11.8 Å². The summed E-state index contributed by atoms with van der Waals surface area (Å²) in [6, 6.07) is 0. The molecule has 0 aromatic rings. The van der Waals surface area contributed by atoms with Gasteiger partial charge in [-0.15, -0.1) is 0 Å². The van der Waals surface area contributed by atoms with Crippen LogP contribution in [-0.2, 0) is 19.2 Å². The fraction of sp³-hybridized carbons (Fsp3) is 0.714. The third-order valence-electron chi connectivity index (χ3n) is 3.09. The first-order valence-electron chi connectivity index (χ1n) is 7.71. The van der Waals surface area contributed by atoms with Crippen LogP contribution in [0.4, 0.5) is 0 Å². The van der Waals surface area contributed by atoms with Crippen LogP contribution < -0.4 is 22.5 Å². The van der Waals surface area contributed by atoms with Crippen molar-refractivity contribution in [2.24, 2.45) is 23.5 Å². The van der Waals surface area contributed by atoms with Gasteiger partial charge in [-0.05, 0) is 0 Å². The molecule has 0 saturated carbocycles. The standard InChI is InChI=1S/C14H26N4O4S3/c15-17-13(21)7-12(14(22)18-16)10-25-6-4-23-3-5-24-9-11(8-20)1-2-19/h2,8,11-12H,1,3-7,9-10,15-16H2,(H,17,21)(H,18,22). The van der Waals surface area contributed by atoms with Crippen LogP contribution in [0.15, 0.2) is 0 Å². The predicted molar refractivity (Wildman–Crippen MR) is 105 cm³/mol. The molecule has 2 amide bonds. The van der Waals surface area contributed by atoms with Gasteiger partial charge < -0.3 is 9.59 Å². The fourth-order valence-corrected chi connectivity index (χ4v) is 5.21. The molecule has 0 heterocycles. The van der Waals surface area contributed by atoms with Gasteiger partial charge in [0, 0.05) is 53.3 Å². The lowest BCUT2D eigenvalue weighted by atomic mass is 10.1. The minimum Gasteiger partial charge on any atom is -0.303 e. The van der Waals surface area contributed by atoms with Gasteiger partial charge in [-0.2, -0.15) is 35.3 Å². The molecule has 0 rings (SSSR count). The SMILES string of the molecule is NNC(=O)CC(CSCCSCCSCC(C=O)CC=O)C(=O)NN. The molecule has 6 N–H and O–H groups in total. The Kier molecular flexibility index (Phi) is 16.2. The average Bonchev–Trinajstić information content (AvgIpc) is 2.63. The summed E-state index contributed by atoms with van der Waals surface area (Å²) in [4.78, 5) is 43.9. The molecular formula is C14H26N4O4S3. The Labute approximate surface area is 160 Å². The largest absolute Gasteiger partial charge is 0.303 e. The maximum Gasteiger partial charge on any atom is 0.238 e. The van der Waals surface area contributed by atoms with Gasteiger partial charge in [0.1, 0.15) is 12.6 Å². The number of aldehydes is 2. The molecule has 25 heavy (non-hydrogen) atoms. The summed E-state index contributed by atoms with van der Waals surface area (Å²) in [5.41, 5.74) is 4.07. The zero-order valence-corrected chi connectivity index (χ0v) is 16.4. The maximum atomic E-state index is 11.6. The topological polar surface area (TPSA) is 144 Å². The molecule has 11 heteroatoms. The van der Waals surface area contributed by atoms with Gasteiger partial charge in [0.25, 0.3) is 0 Å². The van der Waals surface area contributed by atoms with Crippen molar-refractivity contribution in [3.05, 3.63) is 0 Å². The van der Waals surface area contributed by atoms with Crippen LogP contribution in [0.25, 0.3) is 0 Å². The number of carbonyl (C=O) groups excluding carboxylic acids is 4. The lowest BCUT2D eigenvalue weighted by molar-refractivity contribution is -0.129. The summed E-state index contributed by atoms with van der Waals surface area (Å²) < 4.78 is 0. The lowest BCUT2D eigenvalue weighted by Gasteiger charge is -2.13. The maximum absolute atomic E-state index is 11.6. The van der Waals surface area contributed by atoms with Crippen molar-refractivity contribution >= 4 is 59.7 Å². The number of hydrogen-bond donors (Lipinski definition) is 4. The Morgan fingerprint density at radius 2 is 1.52 bits per heavy atom. The summed E-state index contributed by atoms with van der Waals surface area (Å²) in [7, 11) is 0. The van der Waals surface area contributed by atoms with Crippen LogP contribution in [0, 0.1) is 11.8 Å². The minimum atomic E-state index is -0.503. The van der Waals surface area contributed by atoms with Gasteiger partial charge in [-0.25, -0.2) is 11.7 Å². The van der Waals surface area contributed by atoms with Crippen LogP contribution in [-0.4, -0.2) is 58.9 Å². The Morgan fingerprint density at radius 1 is 0.920 bits per heavy atom. The van der Waals surface area contributed by atoms with E-state index >= 15 is 0 Å². The Hall–Kier alpha value is -0.750. The highest BCUT2D eigenvalue weighted by Gasteiger charge is 2.20. The third-order valence-corrected chi connectivity index (χ3v) is 6.88. The summed E-state index contributed by atoms with van der Waals surface area (Å²) in [6.07, 6.45) is 1.92. The first-order chi connectivity index (χ1) is 12.1. The lowest BCUT2D eigenvalue weighted by Crippen LogP contribution is -2.40. The first-order valence-corrected chi connectivity index (χ1v) is 11.2. The van der Waals surface area contributed by atoms with Crippen molar-refractivity contribution in [3.8, 4) is 0 Å². The molecule has 144 valence electrons. The van der Waals surface area contributed by atoms with E-state index in [9.17, 15) is 19.2 Å². The smallest absolute Gasteiger partial charge is 0.238 e. The number of rotatable bonds is 16. The van der Waals surface area contributed by atoms with Crippen molar-refractivity contribution in [1.82, 2.24) is 10.9 Å². The quantitative estimate of drug-likeness (QED) is 0.0876. The van der Waals surface area contributed by atoms with Crippen molar-refractivity contribution in [3.63, 3.8) is 0 Å². The zero-order valence-electron chi connectivity index (χ0n) is 14.0. The number of hydrogen-bond acceptors (Lipinski definition) is 9. The van der Waals surface area contributed by atoms with Gasteiger partial charge in [0.2, 0.25) is 11.8 Å². The Balaban J connectivity index is 3.72. The van der Waals surface area contributed by atoms with E-state index in [1.165, 1.54) is 0 Å². The zero-order chi connectivity index (χ0) is 18.9. The second-order valence-corrected chi connectivity index (χ2v) is 8.56. The molecule has 2 unspecified atom stereocenters. The van der Waals surface area contributed by atoms with E-state index in [1.54, 1.807) is 35.3 Å². The number of nitrogens with one attached hydrogen (secondary N) is 2. The second-order valence-electron chi connectivity index (χ2n) is 5.04. The third kappa shape index (κ3) is 13.2. The highest BCUT2D eigenvalue weighted by molar-refractivity contribution is 8.04. The average molecular weight is 411 g/mol. The second kappa shape index (κ2) is 16.7. The molecule has 0 spiro atoms.